The minimum Gasteiger partial charge on any atom is -0.497 e. The van der Waals surface area contributed by atoms with Crippen LogP contribution in [0.5, 0.6) is 5.75 Å². The fourth-order valence-electron chi connectivity index (χ4n) is 2.17. The van der Waals surface area contributed by atoms with Crippen molar-refractivity contribution in [2.45, 2.75) is 0 Å². The van der Waals surface area contributed by atoms with Gasteiger partial charge in [-0.2, -0.15) is 0 Å². The molecule has 1 N–H and O–H groups in total. The Morgan fingerprint density at radius 1 is 1.05 bits per heavy atom. The molecule has 3 aromatic rings. The third kappa shape index (κ3) is 2.69. The minimum atomic E-state index is -0.225. The second-order valence-electron chi connectivity index (χ2n) is 4.56. The number of aromatic nitrogens is 1. The van der Waals surface area contributed by atoms with Crippen molar-refractivity contribution in [3.8, 4) is 5.75 Å². The maximum absolute atomic E-state index is 12.4. The third-order valence-corrected chi connectivity index (χ3v) is 3.24. The summed E-state index contributed by atoms with van der Waals surface area (Å²) in [5.74, 6) is 0.522. The van der Waals surface area contributed by atoms with E-state index in [9.17, 15) is 4.79 Å². The van der Waals surface area contributed by atoms with Gasteiger partial charge in [-0.3, -0.25) is 9.78 Å². The molecule has 4 heteroatoms. The largest absolute Gasteiger partial charge is 0.497 e. The van der Waals surface area contributed by atoms with Crippen molar-refractivity contribution in [2.75, 3.05) is 12.4 Å². The Hall–Kier alpha value is -2.88. The maximum atomic E-state index is 12.4. The van der Waals surface area contributed by atoms with Crippen LogP contribution in [0.3, 0.4) is 0 Å². The summed E-state index contributed by atoms with van der Waals surface area (Å²) >= 11 is 0. The second-order valence-corrected chi connectivity index (χ2v) is 4.56. The highest BCUT2D eigenvalue weighted by molar-refractivity contribution is 6.11. The topological polar surface area (TPSA) is 51.2 Å². The van der Waals surface area contributed by atoms with Gasteiger partial charge >= 0.3 is 0 Å². The highest BCUT2D eigenvalue weighted by Crippen LogP contribution is 2.19. The van der Waals surface area contributed by atoms with E-state index in [0.29, 0.717) is 11.4 Å². The Kier molecular flexibility index (Phi) is 3.51. The summed E-state index contributed by atoms with van der Waals surface area (Å²) in [6.45, 7) is 0. The van der Waals surface area contributed by atoms with Crippen LogP contribution in [0.2, 0.25) is 0 Å². The van der Waals surface area contributed by atoms with E-state index in [1.54, 1.807) is 37.6 Å². The fourth-order valence-corrected chi connectivity index (χ4v) is 2.17. The molecule has 0 aliphatic rings. The van der Waals surface area contributed by atoms with Crippen molar-refractivity contribution < 1.29 is 9.53 Å². The first-order valence-corrected chi connectivity index (χ1v) is 6.57. The van der Waals surface area contributed by atoms with E-state index >= 15 is 0 Å². The zero-order valence-electron chi connectivity index (χ0n) is 11.5. The molecule has 0 saturated carbocycles. The molecule has 0 aliphatic heterocycles. The Bertz CT molecular complexity index is 777. The zero-order valence-corrected chi connectivity index (χ0v) is 11.5. The van der Waals surface area contributed by atoms with Crippen molar-refractivity contribution in [3.63, 3.8) is 0 Å². The number of amides is 1. The molecule has 0 fully saturated rings. The number of ether oxygens (including phenoxy) is 1. The van der Waals surface area contributed by atoms with Gasteiger partial charge in [0.1, 0.15) is 11.4 Å². The Morgan fingerprint density at radius 2 is 1.81 bits per heavy atom. The molecule has 1 amide bonds. The van der Waals surface area contributed by atoms with E-state index in [4.69, 9.17) is 4.74 Å². The molecule has 0 atom stereocenters. The number of nitrogens with zero attached hydrogens (tertiary/aromatic N) is 1. The van der Waals surface area contributed by atoms with E-state index in [2.05, 4.69) is 10.3 Å². The van der Waals surface area contributed by atoms with Crippen LogP contribution >= 0.6 is 0 Å². The van der Waals surface area contributed by atoms with Gasteiger partial charge in [-0.05, 0) is 35.7 Å². The standard InChI is InChI=1S/C17H14N2O2/c1-21-14-8-6-13(7-9-14)19-17(20)16-15-5-3-2-4-12(15)10-11-18-16/h2-11H,1H3,(H,19,20). The Balaban J connectivity index is 1.90. The number of methoxy groups -OCH3 is 1. The van der Waals surface area contributed by atoms with Crippen molar-refractivity contribution in [2.24, 2.45) is 0 Å². The van der Waals surface area contributed by atoms with Crippen LogP contribution in [0.4, 0.5) is 5.69 Å². The van der Waals surface area contributed by atoms with E-state index in [1.807, 2.05) is 30.3 Å². The molecule has 0 radical (unpaired) electrons. The number of hydrogen-bond donors (Lipinski definition) is 1. The van der Waals surface area contributed by atoms with Gasteiger partial charge in [0.2, 0.25) is 0 Å². The number of pyridine rings is 1. The molecule has 0 saturated heterocycles. The molecule has 2 aromatic carbocycles. The quantitative estimate of drug-likeness (QED) is 0.797. The zero-order chi connectivity index (χ0) is 14.7. The molecule has 104 valence electrons. The number of fused-ring (bicyclic) bond motifs is 1. The number of rotatable bonds is 3. The van der Waals surface area contributed by atoms with Gasteiger partial charge in [0.15, 0.2) is 0 Å². The van der Waals surface area contributed by atoms with Crippen LogP contribution < -0.4 is 10.1 Å². The van der Waals surface area contributed by atoms with Gasteiger partial charge in [-0.1, -0.05) is 24.3 Å². The van der Waals surface area contributed by atoms with Crippen LogP contribution in [-0.2, 0) is 0 Å². The summed E-state index contributed by atoms with van der Waals surface area (Å²) in [5.41, 5.74) is 1.12. The van der Waals surface area contributed by atoms with E-state index in [1.165, 1.54) is 0 Å². The van der Waals surface area contributed by atoms with E-state index in [0.717, 1.165) is 16.5 Å². The number of nitrogens with one attached hydrogen (secondary N) is 1. The van der Waals surface area contributed by atoms with Crippen LogP contribution in [0.1, 0.15) is 10.5 Å². The third-order valence-electron chi connectivity index (χ3n) is 3.24. The second kappa shape index (κ2) is 5.63. The monoisotopic (exact) mass is 278 g/mol. The average Bonchev–Trinajstić information content (AvgIpc) is 2.55. The molecule has 0 aliphatic carbocycles. The van der Waals surface area contributed by atoms with Crippen molar-refractivity contribution in [1.29, 1.82) is 0 Å². The summed E-state index contributed by atoms with van der Waals surface area (Å²) in [4.78, 5) is 16.6. The summed E-state index contributed by atoms with van der Waals surface area (Å²) in [6.07, 6.45) is 1.64. The lowest BCUT2D eigenvalue weighted by atomic mass is 10.1. The van der Waals surface area contributed by atoms with Gasteiger partial charge < -0.3 is 10.1 Å². The number of hydrogen-bond acceptors (Lipinski definition) is 3. The maximum Gasteiger partial charge on any atom is 0.274 e. The fraction of sp³-hybridized carbons (Fsp3) is 0.0588. The molecule has 0 bridgehead atoms. The number of carbonyl (C=O) groups excluding carboxylic acids is 1. The van der Waals surface area contributed by atoms with Gasteiger partial charge in [0.25, 0.3) is 5.91 Å². The first-order valence-electron chi connectivity index (χ1n) is 6.57. The van der Waals surface area contributed by atoms with Gasteiger partial charge in [0.05, 0.1) is 7.11 Å². The van der Waals surface area contributed by atoms with Crippen molar-refractivity contribution >= 4 is 22.4 Å². The number of anilines is 1. The SMILES string of the molecule is COc1ccc(NC(=O)c2nccc3ccccc23)cc1. The first-order chi connectivity index (χ1) is 10.3. The summed E-state index contributed by atoms with van der Waals surface area (Å²) < 4.78 is 5.09. The van der Waals surface area contributed by atoms with Crippen LogP contribution in [0.25, 0.3) is 10.8 Å². The van der Waals surface area contributed by atoms with Crippen LogP contribution in [0.15, 0.2) is 60.8 Å². The normalized spacial score (nSPS) is 10.3. The smallest absolute Gasteiger partial charge is 0.274 e. The van der Waals surface area contributed by atoms with E-state index < -0.39 is 0 Å². The van der Waals surface area contributed by atoms with Gasteiger partial charge in [-0.15, -0.1) is 0 Å². The van der Waals surface area contributed by atoms with Gasteiger partial charge in [0, 0.05) is 17.3 Å². The molecule has 4 nitrogen and oxygen atoms in total. The summed E-state index contributed by atoms with van der Waals surface area (Å²) in [7, 11) is 1.60. The van der Waals surface area contributed by atoms with Crippen molar-refractivity contribution in [1.82, 2.24) is 4.98 Å². The Morgan fingerprint density at radius 3 is 2.57 bits per heavy atom. The van der Waals surface area contributed by atoms with Crippen LogP contribution in [0, 0.1) is 0 Å². The van der Waals surface area contributed by atoms with Gasteiger partial charge in [-0.25, -0.2) is 0 Å². The number of carbonyl (C=O) groups is 1. The lowest BCUT2D eigenvalue weighted by molar-refractivity contribution is 0.102. The first kappa shape index (κ1) is 13.1. The average molecular weight is 278 g/mol. The molecule has 1 aromatic heterocycles. The number of benzene rings is 2. The predicted molar refractivity (Wildman–Crippen MR) is 82.7 cm³/mol. The van der Waals surface area contributed by atoms with Crippen LogP contribution in [-0.4, -0.2) is 18.0 Å². The highest BCUT2D eigenvalue weighted by Gasteiger charge is 2.11. The molecule has 0 unspecified atom stereocenters. The highest BCUT2D eigenvalue weighted by atomic mass is 16.5. The lowest BCUT2D eigenvalue weighted by Gasteiger charge is -2.08. The summed E-state index contributed by atoms with van der Waals surface area (Å²) in [6, 6.07) is 16.8. The molecule has 3 rings (SSSR count). The molecule has 21 heavy (non-hydrogen) atoms. The molecule has 1 heterocycles. The lowest BCUT2D eigenvalue weighted by Crippen LogP contribution is -2.14. The molecule has 0 spiro atoms. The van der Waals surface area contributed by atoms with Crippen molar-refractivity contribution in [3.05, 3.63) is 66.5 Å². The molecular weight excluding hydrogens is 264 g/mol. The minimum absolute atomic E-state index is 0.225. The summed E-state index contributed by atoms with van der Waals surface area (Å²) in [5, 5.41) is 4.68. The molecular formula is C17H14N2O2. The Labute approximate surface area is 122 Å². The van der Waals surface area contributed by atoms with E-state index in [-0.39, 0.29) is 5.91 Å². The predicted octanol–water partition coefficient (Wildman–Crippen LogP) is 3.50.